The van der Waals surface area contributed by atoms with Crippen molar-refractivity contribution in [2.24, 2.45) is 0 Å². The lowest BCUT2D eigenvalue weighted by molar-refractivity contribution is -0.112. The molecule has 0 atom stereocenters. The maximum Gasteiger partial charge on any atom is 0.268 e. The van der Waals surface area contributed by atoms with Gasteiger partial charge >= 0.3 is 0 Å². The number of nitrogens with zero attached hydrogens (tertiary/aromatic N) is 3. The summed E-state index contributed by atoms with van der Waals surface area (Å²) in [7, 11) is 0. The van der Waals surface area contributed by atoms with Crippen LogP contribution in [0.15, 0.2) is 66.8 Å². The molecule has 8 heteroatoms. The number of rotatable bonds is 12. The Balaban J connectivity index is 1.52. The number of nitriles is 1. The van der Waals surface area contributed by atoms with E-state index in [1.165, 1.54) is 17.4 Å². The van der Waals surface area contributed by atoms with Gasteiger partial charge in [0.1, 0.15) is 41.4 Å². The first-order valence-corrected chi connectivity index (χ1v) is 11.7. The summed E-state index contributed by atoms with van der Waals surface area (Å²) in [5.74, 6) is 0.972. The van der Waals surface area contributed by atoms with Crippen LogP contribution >= 0.6 is 11.3 Å². The van der Waals surface area contributed by atoms with Gasteiger partial charge in [0.15, 0.2) is 0 Å². The smallest absolute Gasteiger partial charge is 0.268 e. The summed E-state index contributed by atoms with van der Waals surface area (Å²) in [5, 5.41) is 21.3. The highest BCUT2D eigenvalue weighted by Gasteiger charge is 2.13. The van der Waals surface area contributed by atoms with Gasteiger partial charge in [-0.3, -0.25) is 10.1 Å². The molecule has 0 radical (unpaired) electrons. The van der Waals surface area contributed by atoms with E-state index in [0.717, 1.165) is 35.6 Å². The number of nitrogens with one attached hydrogen (secondary N) is 1. The zero-order valence-corrected chi connectivity index (χ0v) is 19.8. The second kappa shape index (κ2) is 12.9. The van der Waals surface area contributed by atoms with Crippen LogP contribution < -0.4 is 14.8 Å². The van der Waals surface area contributed by atoms with Crippen LogP contribution in [-0.2, 0) is 17.6 Å². The van der Waals surface area contributed by atoms with Gasteiger partial charge in [-0.15, -0.1) is 16.8 Å². The summed E-state index contributed by atoms with van der Waals surface area (Å²) in [6, 6.07) is 16.9. The molecule has 3 aromatic rings. The molecule has 2 aromatic carbocycles. The fourth-order valence-corrected chi connectivity index (χ4v) is 3.88. The summed E-state index contributed by atoms with van der Waals surface area (Å²) in [6.07, 6.45) is 5.86. The molecule has 1 aromatic heterocycles. The first-order valence-electron chi connectivity index (χ1n) is 10.9. The minimum atomic E-state index is -0.518. The standard InChI is InChI=1S/C26H26N4O3S/c1-3-7-20-9-5-6-10-23(20)33-16-15-32-22-13-11-19(12-14-22)17-21(18-27)25(31)28-26-30-29-24(34-26)8-4-2/h3,5-6,9-14,17H,1,4,7-8,15-16H2,2H3,(H,28,30,31). The molecule has 0 saturated carbocycles. The highest BCUT2D eigenvalue weighted by Crippen LogP contribution is 2.20. The van der Waals surface area contributed by atoms with Crippen LogP contribution in [0.2, 0.25) is 0 Å². The molecule has 0 spiro atoms. The van der Waals surface area contributed by atoms with Crippen molar-refractivity contribution in [3.8, 4) is 17.6 Å². The van der Waals surface area contributed by atoms with Gasteiger partial charge in [-0.1, -0.05) is 54.7 Å². The fraction of sp³-hybridized carbons (Fsp3) is 0.231. The van der Waals surface area contributed by atoms with Crippen LogP contribution in [0.4, 0.5) is 5.13 Å². The number of aryl methyl sites for hydroxylation is 1. The van der Waals surface area contributed by atoms with Crippen molar-refractivity contribution in [3.05, 3.63) is 82.9 Å². The third-order valence-corrected chi connectivity index (χ3v) is 5.55. The van der Waals surface area contributed by atoms with Crippen molar-refractivity contribution in [2.45, 2.75) is 26.2 Å². The first kappa shape index (κ1) is 24.7. The predicted octanol–water partition coefficient (Wildman–Crippen LogP) is 5.22. The summed E-state index contributed by atoms with van der Waals surface area (Å²) in [4.78, 5) is 12.4. The van der Waals surface area contributed by atoms with Crippen LogP contribution in [0.3, 0.4) is 0 Å². The maximum atomic E-state index is 12.4. The molecule has 174 valence electrons. The molecule has 1 heterocycles. The number of carbonyl (C=O) groups is 1. The Hall–Kier alpha value is -3.96. The molecule has 0 aliphatic carbocycles. The van der Waals surface area contributed by atoms with Crippen molar-refractivity contribution in [2.75, 3.05) is 18.5 Å². The zero-order chi connectivity index (χ0) is 24.2. The summed E-state index contributed by atoms with van der Waals surface area (Å²) >= 11 is 1.31. The first-order chi connectivity index (χ1) is 16.6. The van der Waals surface area contributed by atoms with Gasteiger partial charge in [-0.05, 0) is 48.2 Å². The Bertz CT molecular complexity index is 1180. The number of anilines is 1. The van der Waals surface area contributed by atoms with Crippen molar-refractivity contribution in [3.63, 3.8) is 0 Å². The van der Waals surface area contributed by atoms with Crippen LogP contribution in [0, 0.1) is 11.3 Å². The Morgan fingerprint density at radius 2 is 1.91 bits per heavy atom. The number of hydrogen-bond acceptors (Lipinski definition) is 7. The van der Waals surface area contributed by atoms with E-state index in [9.17, 15) is 10.1 Å². The average Bonchev–Trinajstić information content (AvgIpc) is 3.29. The van der Waals surface area contributed by atoms with Crippen LogP contribution in [-0.4, -0.2) is 29.3 Å². The molecule has 0 unspecified atom stereocenters. The zero-order valence-electron chi connectivity index (χ0n) is 19.0. The third-order valence-electron chi connectivity index (χ3n) is 4.65. The lowest BCUT2D eigenvalue weighted by Gasteiger charge is -2.11. The summed E-state index contributed by atoms with van der Waals surface area (Å²) in [5.41, 5.74) is 1.77. The number of carbonyl (C=O) groups excluding carboxylic acids is 1. The quantitative estimate of drug-likeness (QED) is 0.167. The van der Waals surface area contributed by atoms with Gasteiger partial charge in [0, 0.05) is 6.42 Å². The van der Waals surface area contributed by atoms with Crippen LogP contribution in [0.1, 0.15) is 29.5 Å². The van der Waals surface area contributed by atoms with Gasteiger partial charge in [0.25, 0.3) is 5.91 Å². The Morgan fingerprint density at radius 1 is 1.15 bits per heavy atom. The third kappa shape index (κ3) is 7.29. The van der Waals surface area contributed by atoms with Gasteiger partial charge in [-0.2, -0.15) is 5.26 Å². The van der Waals surface area contributed by atoms with E-state index in [4.69, 9.17) is 9.47 Å². The molecule has 0 aliphatic heterocycles. The van der Waals surface area contributed by atoms with Crippen LogP contribution in [0.25, 0.3) is 6.08 Å². The summed E-state index contributed by atoms with van der Waals surface area (Å²) < 4.78 is 11.6. The van der Waals surface area contributed by atoms with Gasteiger partial charge in [0.2, 0.25) is 5.13 Å². The van der Waals surface area contributed by atoms with E-state index in [0.29, 0.717) is 29.7 Å². The minimum Gasteiger partial charge on any atom is -0.490 e. The number of ether oxygens (including phenoxy) is 2. The molecular formula is C26H26N4O3S. The molecule has 0 bridgehead atoms. The molecule has 1 amide bonds. The second-order valence-corrected chi connectivity index (χ2v) is 8.30. The van der Waals surface area contributed by atoms with E-state index in [-0.39, 0.29) is 5.57 Å². The second-order valence-electron chi connectivity index (χ2n) is 7.24. The van der Waals surface area contributed by atoms with Gasteiger partial charge in [-0.25, -0.2) is 0 Å². The largest absolute Gasteiger partial charge is 0.490 e. The number of aromatic nitrogens is 2. The van der Waals surface area contributed by atoms with E-state index in [1.54, 1.807) is 24.3 Å². The average molecular weight is 475 g/mol. The number of benzene rings is 2. The fourth-order valence-electron chi connectivity index (χ4n) is 3.04. The lowest BCUT2D eigenvalue weighted by atomic mass is 10.1. The van der Waals surface area contributed by atoms with Crippen molar-refractivity contribution in [1.29, 1.82) is 5.26 Å². The molecule has 34 heavy (non-hydrogen) atoms. The number of allylic oxidation sites excluding steroid dienone is 1. The highest BCUT2D eigenvalue weighted by atomic mass is 32.1. The Kier molecular flexibility index (Phi) is 9.38. The monoisotopic (exact) mass is 474 g/mol. The highest BCUT2D eigenvalue weighted by molar-refractivity contribution is 7.15. The van der Waals surface area contributed by atoms with Crippen molar-refractivity contribution in [1.82, 2.24) is 10.2 Å². The molecule has 0 aliphatic rings. The molecule has 7 nitrogen and oxygen atoms in total. The minimum absolute atomic E-state index is 0.0208. The summed E-state index contributed by atoms with van der Waals surface area (Å²) in [6.45, 7) is 6.60. The van der Waals surface area contributed by atoms with Crippen molar-refractivity contribution < 1.29 is 14.3 Å². The molecule has 3 rings (SSSR count). The predicted molar refractivity (Wildman–Crippen MR) is 134 cm³/mol. The van der Waals surface area contributed by atoms with E-state index in [2.05, 4.69) is 22.1 Å². The molecule has 0 fully saturated rings. The van der Waals surface area contributed by atoms with Crippen LogP contribution in [0.5, 0.6) is 11.5 Å². The van der Waals surface area contributed by atoms with Crippen molar-refractivity contribution >= 4 is 28.5 Å². The topological polar surface area (TPSA) is 97.1 Å². The normalized spacial score (nSPS) is 10.9. The Morgan fingerprint density at radius 3 is 2.65 bits per heavy atom. The number of hydrogen-bond donors (Lipinski definition) is 1. The molecule has 1 N–H and O–H groups in total. The Labute approximate surface area is 203 Å². The van der Waals surface area contributed by atoms with E-state index in [1.807, 2.05) is 43.3 Å². The SMILES string of the molecule is C=CCc1ccccc1OCCOc1ccc(C=C(C#N)C(=O)Nc2nnc(CCC)s2)cc1. The number of amides is 1. The van der Waals surface area contributed by atoms with E-state index >= 15 is 0 Å². The number of para-hydroxylation sites is 1. The maximum absolute atomic E-state index is 12.4. The van der Waals surface area contributed by atoms with E-state index < -0.39 is 5.91 Å². The molecular weight excluding hydrogens is 448 g/mol. The van der Waals surface area contributed by atoms with Gasteiger partial charge < -0.3 is 9.47 Å². The molecule has 0 saturated heterocycles. The lowest BCUT2D eigenvalue weighted by Crippen LogP contribution is -2.13. The van der Waals surface area contributed by atoms with Gasteiger partial charge in [0.05, 0.1) is 0 Å².